The molecule has 0 aliphatic heterocycles. The van der Waals surface area contributed by atoms with E-state index < -0.39 is 0 Å². The number of esters is 1. The van der Waals surface area contributed by atoms with E-state index in [0.29, 0.717) is 12.2 Å². The maximum atomic E-state index is 11.3. The molecule has 0 N–H and O–H groups in total. The molecule has 0 radical (unpaired) electrons. The number of carbonyl (C=O) groups is 1. The smallest absolute Gasteiger partial charge is 0.310 e. The summed E-state index contributed by atoms with van der Waals surface area (Å²) in [5.41, 5.74) is 3.43. The molecule has 18 heavy (non-hydrogen) atoms. The maximum Gasteiger partial charge on any atom is 0.310 e. The summed E-state index contributed by atoms with van der Waals surface area (Å²) >= 11 is 0. The summed E-state index contributed by atoms with van der Waals surface area (Å²) in [5.74, 6) is 0.388. The van der Waals surface area contributed by atoms with Crippen molar-refractivity contribution >= 4 is 5.97 Å². The van der Waals surface area contributed by atoms with Crippen molar-refractivity contribution in [2.24, 2.45) is 0 Å². The number of hydrogen-bond acceptors (Lipinski definition) is 2. The molecular weight excluding hydrogens is 224 g/mol. The maximum absolute atomic E-state index is 11.3. The van der Waals surface area contributed by atoms with Crippen LogP contribution in [0, 0.1) is 6.92 Å². The van der Waals surface area contributed by atoms with Crippen molar-refractivity contribution in [3.8, 4) is 16.9 Å². The van der Waals surface area contributed by atoms with E-state index in [4.69, 9.17) is 4.74 Å². The van der Waals surface area contributed by atoms with Crippen molar-refractivity contribution < 1.29 is 9.53 Å². The summed E-state index contributed by atoms with van der Waals surface area (Å²) in [5, 5.41) is 0. The molecule has 0 bridgehead atoms. The second kappa shape index (κ2) is 5.50. The van der Waals surface area contributed by atoms with Crippen LogP contribution in [0.2, 0.25) is 0 Å². The molecule has 2 heteroatoms. The van der Waals surface area contributed by atoms with Crippen molar-refractivity contribution in [2.45, 2.75) is 20.3 Å². The summed E-state index contributed by atoms with van der Waals surface area (Å²) in [7, 11) is 0. The first-order valence-corrected chi connectivity index (χ1v) is 6.07. The van der Waals surface area contributed by atoms with Crippen LogP contribution in [0.4, 0.5) is 0 Å². The van der Waals surface area contributed by atoms with Crippen molar-refractivity contribution in [1.29, 1.82) is 0 Å². The number of benzene rings is 2. The average Bonchev–Trinajstić information content (AvgIpc) is 2.39. The minimum Gasteiger partial charge on any atom is -0.427 e. The standard InChI is InChI=1S/C16H16O2/c1-3-16(17)18-14-9-6-8-13(11-14)15-10-5-4-7-12(15)2/h4-11H,3H2,1-2H3. The van der Waals surface area contributed by atoms with Crippen LogP contribution in [0.15, 0.2) is 48.5 Å². The second-order valence-electron chi connectivity index (χ2n) is 4.17. The molecule has 0 heterocycles. The number of hydrogen-bond donors (Lipinski definition) is 0. The van der Waals surface area contributed by atoms with Gasteiger partial charge in [0.25, 0.3) is 0 Å². The Morgan fingerprint density at radius 3 is 2.61 bits per heavy atom. The van der Waals surface area contributed by atoms with Crippen LogP contribution in [-0.4, -0.2) is 5.97 Å². The minimum atomic E-state index is -0.211. The fourth-order valence-electron chi connectivity index (χ4n) is 1.83. The molecule has 2 aromatic rings. The lowest BCUT2D eigenvalue weighted by Crippen LogP contribution is -2.05. The first kappa shape index (κ1) is 12.4. The Morgan fingerprint density at radius 2 is 1.89 bits per heavy atom. The van der Waals surface area contributed by atoms with E-state index in [2.05, 4.69) is 19.1 Å². The van der Waals surface area contributed by atoms with E-state index in [1.54, 1.807) is 13.0 Å². The van der Waals surface area contributed by atoms with Gasteiger partial charge in [-0.2, -0.15) is 0 Å². The van der Waals surface area contributed by atoms with Crippen molar-refractivity contribution in [3.05, 3.63) is 54.1 Å². The molecule has 2 rings (SSSR count). The highest BCUT2D eigenvalue weighted by Gasteiger charge is 2.05. The Morgan fingerprint density at radius 1 is 1.11 bits per heavy atom. The SMILES string of the molecule is CCC(=O)Oc1cccc(-c2ccccc2C)c1. The summed E-state index contributed by atoms with van der Waals surface area (Å²) in [4.78, 5) is 11.3. The van der Waals surface area contributed by atoms with E-state index in [1.165, 1.54) is 5.56 Å². The lowest BCUT2D eigenvalue weighted by atomic mass is 10.0. The van der Waals surface area contributed by atoms with Crippen molar-refractivity contribution in [1.82, 2.24) is 0 Å². The lowest BCUT2D eigenvalue weighted by molar-refractivity contribution is -0.134. The Hall–Kier alpha value is -2.09. The summed E-state index contributed by atoms with van der Waals surface area (Å²) < 4.78 is 5.23. The molecule has 0 aliphatic carbocycles. The molecular formula is C16H16O2. The minimum absolute atomic E-state index is 0.211. The van der Waals surface area contributed by atoms with Gasteiger partial charge in [-0.25, -0.2) is 0 Å². The normalized spacial score (nSPS) is 10.1. The van der Waals surface area contributed by atoms with Gasteiger partial charge in [0.15, 0.2) is 0 Å². The van der Waals surface area contributed by atoms with Crippen LogP contribution < -0.4 is 4.74 Å². The van der Waals surface area contributed by atoms with Gasteiger partial charge in [0.05, 0.1) is 0 Å². The number of rotatable bonds is 3. The third kappa shape index (κ3) is 2.77. The Balaban J connectivity index is 2.33. The van der Waals surface area contributed by atoms with Gasteiger partial charge in [-0.3, -0.25) is 4.79 Å². The van der Waals surface area contributed by atoms with Gasteiger partial charge >= 0.3 is 5.97 Å². The molecule has 92 valence electrons. The summed E-state index contributed by atoms with van der Waals surface area (Å²) in [6.45, 7) is 3.85. The Labute approximate surface area is 107 Å². The fourth-order valence-corrected chi connectivity index (χ4v) is 1.83. The average molecular weight is 240 g/mol. The van der Waals surface area contributed by atoms with Crippen LogP contribution in [-0.2, 0) is 4.79 Å². The largest absolute Gasteiger partial charge is 0.427 e. The molecule has 0 saturated heterocycles. The summed E-state index contributed by atoms with van der Waals surface area (Å²) in [6, 6.07) is 15.8. The molecule has 0 fully saturated rings. The van der Waals surface area contributed by atoms with Crippen LogP contribution in [0.5, 0.6) is 5.75 Å². The molecule has 0 saturated carbocycles. The van der Waals surface area contributed by atoms with Crippen LogP contribution in [0.3, 0.4) is 0 Å². The monoisotopic (exact) mass is 240 g/mol. The van der Waals surface area contributed by atoms with Gasteiger partial charge in [-0.1, -0.05) is 43.3 Å². The van der Waals surface area contributed by atoms with Crippen LogP contribution >= 0.6 is 0 Å². The first-order chi connectivity index (χ1) is 8.70. The molecule has 0 aromatic heterocycles. The highest BCUT2D eigenvalue weighted by atomic mass is 16.5. The van der Waals surface area contributed by atoms with Gasteiger partial charge < -0.3 is 4.74 Å². The molecule has 0 spiro atoms. The fraction of sp³-hybridized carbons (Fsp3) is 0.188. The molecule has 2 nitrogen and oxygen atoms in total. The van der Waals surface area contributed by atoms with Crippen molar-refractivity contribution in [3.63, 3.8) is 0 Å². The predicted molar refractivity (Wildman–Crippen MR) is 72.5 cm³/mol. The van der Waals surface area contributed by atoms with Gasteiger partial charge in [-0.05, 0) is 35.7 Å². The molecule has 0 atom stereocenters. The number of ether oxygens (including phenoxy) is 1. The number of aryl methyl sites for hydroxylation is 1. The second-order valence-corrected chi connectivity index (χ2v) is 4.17. The topological polar surface area (TPSA) is 26.3 Å². The summed E-state index contributed by atoms with van der Waals surface area (Å²) in [6.07, 6.45) is 0.384. The Bertz CT molecular complexity index is 559. The zero-order chi connectivity index (χ0) is 13.0. The highest BCUT2D eigenvalue weighted by Crippen LogP contribution is 2.26. The zero-order valence-corrected chi connectivity index (χ0v) is 10.6. The van der Waals surface area contributed by atoms with E-state index in [0.717, 1.165) is 11.1 Å². The van der Waals surface area contributed by atoms with Gasteiger partial charge in [0.2, 0.25) is 0 Å². The Kier molecular flexibility index (Phi) is 3.78. The van der Waals surface area contributed by atoms with Crippen molar-refractivity contribution in [2.75, 3.05) is 0 Å². The molecule has 0 unspecified atom stereocenters. The predicted octanol–water partition coefficient (Wildman–Crippen LogP) is 3.98. The van der Waals surface area contributed by atoms with Gasteiger partial charge in [0.1, 0.15) is 5.75 Å². The third-order valence-corrected chi connectivity index (χ3v) is 2.81. The van der Waals surface area contributed by atoms with E-state index >= 15 is 0 Å². The molecule has 0 amide bonds. The molecule has 0 aliphatic rings. The molecule has 2 aromatic carbocycles. The van der Waals surface area contributed by atoms with Gasteiger partial charge in [0, 0.05) is 6.42 Å². The first-order valence-electron chi connectivity index (χ1n) is 6.07. The lowest BCUT2D eigenvalue weighted by Gasteiger charge is -2.08. The number of carbonyl (C=O) groups excluding carboxylic acids is 1. The quantitative estimate of drug-likeness (QED) is 0.599. The van der Waals surface area contributed by atoms with Gasteiger partial charge in [-0.15, -0.1) is 0 Å². The highest BCUT2D eigenvalue weighted by molar-refractivity contribution is 5.74. The van der Waals surface area contributed by atoms with Crippen LogP contribution in [0.1, 0.15) is 18.9 Å². The third-order valence-electron chi connectivity index (χ3n) is 2.81. The zero-order valence-electron chi connectivity index (χ0n) is 10.6. The van der Waals surface area contributed by atoms with E-state index in [9.17, 15) is 4.79 Å². The van der Waals surface area contributed by atoms with Crippen LogP contribution in [0.25, 0.3) is 11.1 Å². The van der Waals surface area contributed by atoms with E-state index in [1.807, 2.05) is 30.3 Å². The van der Waals surface area contributed by atoms with E-state index in [-0.39, 0.29) is 5.97 Å².